The fraction of sp³-hybridized carbons (Fsp3) is 0.250. The zero-order valence-corrected chi connectivity index (χ0v) is 17.1. The highest BCUT2D eigenvalue weighted by Gasteiger charge is 2.01. The average Bonchev–Trinajstić information content (AvgIpc) is 2.76. The molecule has 150 valence electrons. The number of ether oxygens (including phenoxy) is 1. The molecule has 0 bridgehead atoms. The highest BCUT2D eigenvalue weighted by Crippen LogP contribution is 2.13. The van der Waals surface area contributed by atoms with Gasteiger partial charge in [0.05, 0.1) is 12.2 Å². The first-order valence-electron chi connectivity index (χ1n) is 9.92. The van der Waals surface area contributed by atoms with Crippen LogP contribution in [0.4, 0.5) is 0 Å². The number of benzene rings is 2. The van der Waals surface area contributed by atoms with Crippen LogP contribution >= 0.6 is 0 Å². The molecular weight excluding hydrogens is 360 g/mol. The number of aryl methyl sites for hydroxylation is 1. The molecule has 0 amide bonds. The zero-order valence-electron chi connectivity index (χ0n) is 17.1. The standard InChI is InChI=1S/C24H28N4O/c1-3-25-24(28-17-21-8-6-7-19(2)15-21)27-16-20-10-12-23(13-11-20)29-18-22-9-4-5-14-26-22/h4-15H,3,16-18H2,1-2H3,(H2,25,27,28). The molecule has 2 aromatic carbocycles. The maximum absolute atomic E-state index is 5.79. The molecule has 29 heavy (non-hydrogen) atoms. The third-order valence-electron chi connectivity index (χ3n) is 4.34. The molecule has 0 aliphatic carbocycles. The molecule has 0 unspecified atom stereocenters. The van der Waals surface area contributed by atoms with Crippen LogP contribution in [0, 0.1) is 6.92 Å². The van der Waals surface area contributed by atoms with Crippen LogP contribution in [-0.4, -0.2) is 17.5 Å². The molecule has 0 saturated carbocycles. The summed E-state index contributed by atoms with van der Waals surface area (Å²) in [5, 5.41) is 6.68. The van der Waals surface area contributed by atoms with Crippen molar-refractivity contribution in [1.82, 2.24) is 15.6 Å². The molecule has 0 saturated heterocycles. The van der Waals surface area contributed by atoms with E-state index in [9.17, 15) is 0 Å². The summed E-state index contributed by atoms with van der Waals surface area (Å²) < 4.78 is 5.79. The zero-order chi connectivity index (χ0) is 20.3. The number of guanidine groups is 1. The molecule has 3 rings (SSSR count). The van der Waals surface area contributed by atoms with Crippen molar-refractivity contribution in [2.45, 2.75) is 33.5 Å². The van der Waals surface area contributed by atoms with Gasteiger partial charge in [-0.1, -0.05) is 48.0 Å². The lowest BCUT2D eigenvalue weighted by Crippen LogP contribution is -2.36. The lowest BCUT2D eigenvalue weighted by atomic mass is 10.1. The van der Waals surface area contributed by atoms with Crippen molar-refractivity contribution in [1.29, 1.82) is 0 Å². The number of hydrogen-bond donors (Lipinski definition) is 2. The summed E-state index contributed by atoms with van der Waals surface area (Å²) >= 11 is 0. The Kier molecular flexibility index (Phi) is 7.63. The number of nitrogens with zero attached hydrogens (tertiary/aromatic N) is 2. The van der Waals surface area contributed by atoms with E-state index in [0.717, 1.165) is 29.5 Å². The smallest absolute Gasteiger partial charge is 0.191 e. The normalized spacial score (nSPS) is 11.2. The van der Waals surface area contributed by atoms with Crippen LogP contribution in [0.3, 0.4) is 0 Å². The highest BCUT2D eigenvalue weighted by atomic mass is 16.5. The van der Waals surface area contributed by atoms with Gasteiger partial charge in [0.2, 0.25) is 0 Å². The van der Waals surface area contributed by atoms with Gasteiger partial charge in [-0.15, -0.1) is 0 Å². The first-order chi connectivity index (χ1) is 14.2. The Balaban J connectivity index is 1.51. The molecule has 0 spiro atoms. The summed E-state index contributed by atoms with van der Waals surface area (Å²) in [5.41, 5.74) is 4.53. The number of aromatic nitrogens is 1. The van der Waals surface area contributed by atoms with Gasteiger partial charge in [-0.05, 0) is 49.2 Å². The van der Waals surface area contributed by atoms with Crippen LogP contribution in [0.25, 0.3) is 0 Å². The predicted molar refractivity (Wildman–Crippen MR) is 118 cm³/mol. The third kappa shape index (κ3) is 6.96. The van der Waals surface area contributed by atoms with E-state index in [0.29, 0.717) is 19.7 Å². The van der Waals surface area contributed by atoms with E-state index in [-0.39, 0.29) is 0 Å². The molecule has 3 aromatic rings. The van der Waals surface area contributed by atoms with Gasteiger partial charge >= 0.3 is 0 Å². The van der Waals surface area contributed by atoms with Crippen molar-refractivity contribution in [2.75, 3.05) is 6.54 Å². The first-order valence-corrected chi connectivity index (χ1v) is 9.92. The second-order valence-corrected chi connectivity index (χ2v) is 6.79. The van der Waals surface area contributed by atoms with E-state index in [1.54, 1.807) is 6.20 Å². The van der Waals surface area contributed by atoms with Crippen molar-refractivity contribution < 1.29 is 4.74 Å². The third-order valence-corrected chi connectivity index (χ3v) is 4.34. The molecule has 0 radical (unpaired) electrons. The fourth-order valence-corrected chi connectivity index (χ4v) is 2.85. The minimum atomic E-state index is 0.467. The van der Waals surface area contributed by atoms with Crippen molar-refractivity contribution in [3.05, 3.63) is 95.3 Å². The Morgan fingerprint density at radius 2 is 1.83 bits per heavy atom. The molecule has 5 nitrogen and oxygen atoms in total. The second-order valence-electron chi connectivity index (χ2n) is 6.79. The first kappa shape index (κ1) is 20.4. The van der Waals surface area contributed by atoms with Crippen molar-refractivity contribution >= 4 is 5.96 Å². The molecule has 2 N–H and O–H groups in total. The van der Waals surface area contributed by atoms with E-state index in [1.807, 2.05) is 30.3 Å². The number of hydrogen-bond acceptors (Lipinski definition) is 3. The molecule has 0 aliphatic heterocycles. The Morgan fingerprint density at radius 3 is 2.55 bits per heavy atom. The van der Waals surface area contributed by atoms with Gasteiger partial charge in [0.15, 0.2) is 5.96 Å². The van der Waals surface area contributed by atoms with E-state index in [1.165, 1.54) is 11.1 Å². The van der Waals surface area contributed by atoms with Crippen LogP contribution in [0.15, 0.2) is 77.9 Å². The summed E-state index contributed by atoms with van der Waals surface area (Å²) in [6.07, 6.45) is 1.77. The van der Waals surface area contributed by atoms with Gasteiger partial charge in [0.25, 0.3) is 0 Å². The number of aliphatic imine (C=N–C) groups is 1. The maximum Gasteiger partial charge on any atom is 0.191 e. The number of pyridine rings is 1. The summed E-state index contributed by atoms with van der Waals surface area (Å²) in [4.78, 5) is 8.95. The Morgan fingerprint density at radius 1 is 0.966 bits per heavy atom. The number of nitrogens with one attached hydrogen (secondary N) is 2. The summed E-state index contributed by atoms with van der Waals surface area (Å²) in [6, 6.07) is 22.3. The maximum atomic E-state index is 5.79. The van der Waals surface area contributed by atoms with Crippen LogP contribution in [0.2, 0.25) is 0 Å². The lowest BCUT2D eigenvalue weighted by Gasteiger charge is -2.12. The van der Waals surface area contributed by atoms with E-state index in [2.05, 4.69) is 70.9 Å². The topological polar surface area (TPSA) is 58.5 Å². The molecule has 5 heteroatoms. The molecule has 0 fully saturated rings. The van der Waals surface area contributed by atoms with E-state index >= 15 is 0 Å². The van der Waals surface area contributed by atoms with Crippen LogP contribution in [0.1, 0.15) is 29.3 Å². The van der Waals surface area contributed by atoms with E-state index < -0.39 is 0 Å². The minimum absolute atomic E-state index is 0.467. The monoisotopic (exact) mass is 388 g/mol. The van der Waals surface area contributed by atoms with Crippen LogP contribution in [-0.2, 0) is 19.7 Å². The summed E-state index contributed by atoms with van der Waals surface area (Å²) in [7, 11) is 0. The van der Waals surface area contributed by atoms with Crippen molar-refractivity contribution in [2.24, 2.45) is 4.99 Å². The minimum Gasteiger partial charge on any atom is -0.487 e. The van der Waals surface area contributed by atoms with Gasteiger partial charge in [-0.3, -0.25) is 4.98 Å². The second kappa shape index (κ2) is 10.9. The fourth-order valence-electron chi connectivity index (χ4n) is 2.85. The van der Waals surface area contributed by atoms with E-state index in [4.69, 9.17) is 4.74 Å². The lowest BCUT2D eigenvalue weighted by molar-refractivity contribution is 0.301. The molecule has 1 heterocycles. The summed E-state index contributed by atoms with van der Waals surface area (Å²) in [6.45, 7) is 6.80. The van der Waals surface area contributed by atoms with Crippen LogP contribution in [0.5, 0.6) is 5.75 Å². The Labute approximate surface area is 172 Å². The SMILES string of the molecule is CCNC(=NCc1cccc(C)c1)NCc1ccc(OCc2ccccn2)cc1. The van der Waals surface area contributed by atoms with Gasteiger partial charge in [-0.25, -0.2) is 4.99 Å². The molecule has 0 aliphatic rings. The van der Waals surface area contributed by atoms with Crippen LogP contribution < -0.4 is 15.4 Å². The van der Waals surface area contributed by atoms with Gasteiger partial charge in [0.1, 0.15) is 12.4 Å². The quantitative estimate of drug-likeness (QED) is 0.448. The molecule has 0 atom stereocenters. The Hall–Kier alpha value is -3.34. The molecule has 1 aromatic heterocycles. The predicted octanol–water partition coefficient (Wildman–Crippen LogP) is 4.22. The van der Waals surface area contributed by atoms with Crippen molar-refractivity contribution in [3.63, 3.8) is 0 Å². The van der Waals surface area contributed by atoms with Gasteiger partial charge in [-0.2, -0.15) is 0 Å². The highest BCUT2D eigenvalue weighted by molar-refractivity contribution is 5.79. The van der Waals surface area contributed by atoms with Gasteiger partial charge in [0, 0.05) is 19.3 Å². The average molecular weight is 389 g/mol. The molecular formula is C24H28N4O. The van der Waals surface area contributed by atoms with Gasteiger partial charge < -0.3 is 15.4 Å². The summed E-state index contributed by atoms with van der Waals surface area (Å²) in [5.74, 6) is 1.64. The Bertz CT molecular complexity index is 908. The number of rotatable bonds is 8. The van der Waals surface area contributed by atoms with Crippen molar-refractivity contribution in [3.8, 4) is 5.75 Å². The largest absolute Gasteiger partial charge is 0.487 e.